The molecule has 0 bridgehead atoms. The Balaban J connectivity index is 2.29. The number of methoxy groups -OCH3 is 1. The number of aromatic nitrogens is 2. The Bertz CT molecular complexity index is 420. The fourth-order valence-electron chi connectivity index (χ4n) is 2.27. The highest BCUT2D eigenvalue weighted by Crippen LogP contribution is 2.27. The number of ketones is 1. The number of ether oxygens (including phenoxy) is 2. The second-order valence-electron chi connectivity index (χ2n) is 4.85. The van der Waals surface area contributed by atoms with Crippen molar-refractivity contribution in [3.8, 4) is 5.75 Å². The van der Waals surface area contributed by atoms with E-state index in [9.17, 15) is 4.79 Å². The van der Waals surface area contributed by atoms with Crippen LogP contribution in [0.25, 0.3) is 0 Å². The molecule has 2 heterocycles. The van der Waals surface area contributed by atoms with Gasteiger partial charge >= 0.3 is 0 Å². The van der Waals surface area contributed by atoms with Crippen LogP contribution in [0.2, 0.25) is 0 Å². The predicted octanol–water partition coefficient (Wildman–Crippen LogP) is 2.08. The Morgan fingerprint density at radius 2 is 2.17 bits per heavy atom. The number of carbonyl (C=O) groups excluding carboxylic acids is 1. The van der Waals surface area contributed by atoms with Crippen molar-refractivity contribution in [2.24, 2.45) is 5.92 Å². The lowest BCUT2D eigenvalue weighted by Crippen LogP contribution is -2.26. The molecular weight excluding hydrogens is 232 g/mol. The van der Waals surface area contributed by atoms with Crippen LogP contribution < -0.4 is 4.74 Å². The lowest BCUT2D eigenvalue weighted by atomic mass is 9.93. The minimum Gasteiger partial charge on any atom is -0.493 e. The minimum atomic E-state index is 0.0295. The Morgan fingerprint density at radius 3 is 2.72 bits per heavy atom. The molecular formula is C13H20N2O3. The molecule has 0 saturated carbocycles. The van der Waals surface area contributed by atoms with Gasteiger partial charge in [0.1, 0.15) is 5.69 Å². The monoisotopic (exact) mass is 252 g/mol. The van der Waals surface area contributed by atoms with E-state index < -0.39 is 0 Å². The number of hydrogen-bond acceptors (Lipinski definition) is 4. The highest BCUT2D eigenvalue weighted by Gasteiger charge is 2.29. The molecule has 1 aromatic rings. The molecule has 1 aliphatic rings. The second-order valence-corrected chi connectivity index (χ2v) is 4.85. The zero-order chi connectivity index (χ0) is 13.1. The van der Waals surface area contributed by atoms with Crippen LogP contribution in [0.5, 0.6) is 5.75 Å². The summed E-state index contributed by atoms with van der Waals surface area (Å²) in [7, 11) is 1.57. The maximum absolute atomic E-state index is 12.6. The standard InChI is InChI=1S/C13H20N2O3/c1-9(2)15-12(11(17-3)8-14-15)13(16)10-4-6-18-7-5-10/h8-10H,4-7H2,1-3H3. The summed E-state index contributed by atoms with van der Waals surface area (Å²) in [4.78, 5) is 12.6. The predicted molar refractivity (Wildman–Crippen MR) is 67.0 cm³/mol. The van der Waals surface area contributed by atoms with Gasteiger partial charge in [0.15, 0.2) is 11.5 Å². The molecule has 5 heteroatoms. The molecule has 0 spiro atoms. The van der Waals surface area contributed by atoms with E-state index in [-0.39, 0.29) is 17.7 Å². The molecule has 1 aliphatic heterocycles. The number of rotatable bonds is 4. The quantitative estimate of drug-likeness (QED) is 0.770. The van der Waals surface area contributed by atoms with E-state index in [1.165, 1.54) is 0 Å². The number of Topliss-reactive ketones (excluding diaryl/α,β-unsaturated/α-hetero) is 1. The number of nitrogens with zero attached hydrogens (tertiary/aromatic N) is 2. The van der Waals surface area contributed by atoms with E-state index in [0.29, 0.717) is 24.7 Å². The third-order valence-corrected chi connectivity index (χ3v) is 3.30. The van der Waals surface area contributed by atoms with Gasteiger partial charge in [0.05, 0.1) is 13.3 Å². The molecule has 0 amide bonds. The molecule has 0 aromatic carbocycles. The van der Waals surface area contributed by atoms with Crippen molar-refractivity contribution >= 4 is 5.78 Å². The number of carbonyl (C=O) groups is 1. The Hall–Kier alpha value is -1.36. The topological polar surface area (TPSA) is 53.4 Å². The van der Waals surface area contributed by atoms with Crippen LogP contribution in [-0.2, 0) is 4.74 Å². The normalized spacial score (nSPS) is 17.1. The summed E-state index contributed by atoms with van der Waals surface area (Å²) >= 11 is 0. The van der Waals surface area contributed by atoms with E-state index >= 15 is 0 Å². The largest absolute Gasteiger partial charge is 0.493 e. The summed E-state index contributed by atoms with van der Waals surface area (Å²) in [6.45, 7) is 5.34. The smallest absolute Gasteiger partial charge is 0.187 e. The summed E-state index contributed by atoms with van der Waals surface area (Å²) in [5, 5.41) is 4.24. The summed E-state index contributed by atoms with van der Waals surface area (Å²) in [5.74, 6) is 0.725. The van der Waals surface area contributed by atoms with Crippen molar-refractivity contribution in [3.05, 3.63) is 11.9 Å². The molecule has 1 aromatic heterocycles. The van der Waals surface area contributed by atoms with Gasteiger partial charge in [0.25, 0.3) is 0 Å². The third kappa shape index (κ3) is 2.41. The molecule has 100 valence electrons. The fourth-order valence-corrected chi connectivity index (χ4v) is 2.27. The summed E-state index contributed by atoms with van der Waals surface area (Å²) in [6, 6.07) is 0.146. The fraction of sp³-hybridized carbons (Fsp3) is 0.692. The maximum atomic E-state index is 12.6. The average Bonchev–Trinajstić information content (AvgIpc) is 2.82. The zero-order valence-electron chi connectivity index (χ0n) is 11.2. The lowest BCUT2D eigenvalue weighted by molar-refractivity contribution is 0.0535. The van der Waals surface area contributed by atoms with Gasteiger partial charge in [-0.2, -0.15) is 5.10 Å². The van der Waals surface area contributed by atoms with Crippen LogP contribution in [0.3, 0.4) is 0 Å². The molecule has 2 rings (SSSR count). The first-order valence-electron chi connectivity index (χ1n) is 6.38. The van der Waals surface area contributed by atoms with Crippen molar-refractivity contribution in [1.29, 1.82) is 0 Å². The van der Waals surface area contributed by atoms with Gasteiger partial charge in [-0.15, -0.1) is 0 Å². The Kier molecular flexibility index (Phi) is 4.01. The maximum Gasteiger partial charge on any atom is 0.187 e. The van der Waals surface area contributed by atoms with Gasteiger partial charge in [-0.05, 0) is 26.7 Å². The van der Waals surface area contributed by atoms with E-state index in [4.69, 9.17) is 9.47 Å². The molecule has 0 aliphatic carbocycles. The van der Waals surface area contributed by atoms with Crippen LogP contribution in [0, 0.1) is 5.92 Å². The van der Waals surface area contributed by atoms with Crippen molar-refractivity contribution < 1.29 is 14.3 Å². The first-order valence-corrected chi connectivity index (χ1v) is 6.38. The van der Waals surface area contributed by atoms with Crippen LogP contribution >= 0.6 is 0 Å². The van der Waals surface area contributed by atoms with Crippen molar-refractivity contribution in [1.82, 2.24) is 9.78 Å². The molecule has 0 atom stereocenters. The Labute approximate surface area is 107 Å². The van der Waals surface area contributed by atoms with Crippen LogP contribution in [0.4, 0.5) is 0 Å². The Morgan fingerprint density at radius 1 is 1.50 bits per heavy atom. The highest BCUT2D eigenvalue weighted by molar-refractivity contribution is 5.98. The van der Waals surface area contributed by atoms with Crippen molar-refractivity contribution in [2.45, 2.75) is 32.7 Å². The van der Waals surface area contributed by atoms with E-state index in [1.807, 2.05) is 13.8 Å². The molecule has 1 saturated heterocycles. The zero-order valence-corrected chi connectivity index (χ0v) is 11.2. The van der Waals surface area contributed by atoms with Gasteiger partial charge < -0.3 is 9.47 Å². The van der Waals surface area contributed by atoms with Crippen LogP contribution in [0.15, 0.2) is 6.20 Å². The lowest BCUT2D eigenvalue weighted by Gasteiger charge is -2.22. The van der Waals surface area contributed by atoms with Gasteiger partial charge in [0, 0.05) is 25.2 Å². The molecule has 1 fully saturated rings. The SMILES string of the molecule is COc1cnn(C(C)C)c1C(=O)C1CCOCC1. The van der Waals surface area contributed by atoms with Crippen LogP contribution in [0.1, 0.15) is 43.2 Å². The first-order chi connectivity index (χ1) is 8.65. The van der Waals surface area contributed by atoms with Crippen molar-refractivity contribution in [2.75, 3.05) is 20.3 Å². The molecule has 0 radical (unpaired) electrons. The van der Waals surface area contributed by atoms with Crippen LogP contribution in [-0.4, -0.2) is 35.9 Å². The van der Waals surface area contributed by atoms with Gasteiger partial charge in [-0.25, -0.2) is 0 Å². The van der Waals surface area contributed by atoms with E-state index in [1.54, 1.807) is 18.0 Å². The molecule has 0 unspecified atom stereocenters. The minimum absolute atomic E-state index is 0.0295. The second kappa shape index (κ2) is 5.52. The van der Waals surface area contributed by atoms with Gasteiger partial charge in [-0.3, -0.25) is 9.48 Å². The average molecular weight is 252 g/mol. The van der Waals surface area contributed by atoms with E-state index in [0.717, 1.165) is 12.8 Å². The molecule has 5 nitrogen and oxygen atoms in total. The highest BCUT2D eigenvalue weighted by atomic mass is 16.5. The molecule has 18 heavy (non-hydrogen) atoms. The molecule has 0 N–H and O–H groups in total. The first kappa shape index (κ1) is 13.1. The summed E-state index contributed by atoms with van der Waals surface area (Å²) in [5.41, 5.74) is 0.597. The summed E-state index contributed by atoms with van der Waals surface area (Å²) in [6.07, 6.45) is 3.18. The van der Waals surface area contributed by atoms with Crippen molar-refractivity contribution in [3.63, 3.8) is 0 Å². The van der Waals surface area contributed by atoms with Gasteiger partial charge in [-0.1, -0.05) is 0 Å². The summed E-state index contributed by atoms with van der Waals surface area (Å²) < 4.78 is 12.3. The number of hydrogen-bond donors (Lipinski definition) is 0. The van der Waals surface area contributed by atoms with E-state index in [2.05, 4.69) is 5.10 Å². The third-order valence-electron chi connectivity index (χ3n) is 3.30. The van der Waals surface area contributed by atoms with Gasteiger partial charge in [0.2, 0.25) is 0 Å².